The number of carbonyl (C=O) groups excluding carboxylic acids is 2. The maximum absolute atomic E-state index is 13.8. The van der Waals surface area contributed by atoms with Gasteiger partial charge in [-0.2, -0.15) is 0 Å². The van der Waals surface area contributed by atoms with E-state index in [0.717, 1.165) is 41.3 Å². The molecule has 1 aliphatic rings. The van der Waals surface area contributed by atoms with Gasteiger partial charge in [0.1, 0.15) is 5.69 Å². The van der Waals surface area contributed by atoms with Crippen LogP contribution >= 0.6 is 15.9 Å². The van der Waals surface area contributed by atoms with Crippen molar-refractivity contribution < 1.29 is 14.3 Å². The Balaban J connectivity index is 1.57. The van der Waals surface area contributed by atoms with Gasteiger partial charge in [-0.3, -0.25) is 14.2 Å². The quantitative estimate of drug-likeness (QED) is 0.237. The fourth-order valence-electron chi connectivity index (χ4n) is 5.55. The summed E-state index contributed by atoms with van der Waals surface area (Å²) in [5, 5.41) is 1.18. The smallest absolute Gasteiger partial charge is 0.355 e. The van der Waals surface area contributed by atoms with Crippen LogP contribution in [0.4, 0.5) is 0 Å². The second kappa shape index (κ2) is 11.6. The second-order valence-corrected chi connectivity index (χ2v) is 11.0. The van der Waals surface area contributed by atoms with Crippen LogP contribution in [0.1, 0.15) is 58.5 Å². The topological polar surface area (TPSA) is 68.6 Å². The van der Waals surface area contributed by atoms with Gasteiger partial charge in [0, 0.05) is 34.1 Å². The van der Waals surface area contributed by atoms with Crippen LogP contribution in [-0.2, 0) is 11.3 Å². The van der Waals surface area contributed by atoms with Crippen LogP contribution in [0.5, 0.6) is 0 Å². The summed E-state index contributed by atoms with van der Waals surface area (Å²) in [6, 6.07) is 22.6. The lowest BCUT2D eigenvalue weighted by atomic mass is 9.94. The largest absolute Gasteiger partial charge is 0.464 e. The van der Waals surface area contributed by atoms with Crippen LogP contribution < -0.4 is 5.56 Å². The van der Waals surface area contributed by atoms with Crippen LogP contribution in [0.25, 0.3) is 21.9 Å². The Hall–Kier alpha value is -3.71. The van der Waals surface area contributed by atoms with Gasteiger partial charge in [0.25, 0.3) is 11.5 Å². The maximum Gasteiger partial charge on any atom is 0.355 e. The first-order valence-corrected chi connectivity index (χ1v) is 14.0. The third kappa shape index (κ3) is 5.41. The molecule has 0 aliphatic heterocycles. The molecule has 0 unspecified atom stereocenters. The van der Waals surface area contributed by atoms with Crippen molar-refractivity contribution in [3.05, 3.63) is 104 Å². The molecule has 1 fully saturated rings. The monoisotopic (exact) mass is 586 g/mol. The summed E-state index contributed by atoms with van der Waals surface area (Å²) in [7, 11) is 3.20. The Morgan fingerprint density at radius 2 is 1.64 bits per heavy atom. The second-order valence-electron chi connectivity index (χ2n) is 10.1. The van der Waals surface area contributed by atoms with Crippen LogP contribution in [0.15, 0.2) is 82.1 Å². The standard InChI is InChI=1S/C32H31BrN2O4/c1-34(25-11-7-4-8-12-25)30(36)23-15-13-21(14-16-23)20-35-29(32(38)39-2)28(22-9-5-3-6-10-22)27-19-24(33)17-18-26(27)31(35)37/h3,5-6,9-10,13-19,25H,4,7-8,11-12,20H2,1-2H3. The van der Waals surface area contributed by atoms with Gasteiger partial charge in [0.05, 0.1) is 13.7 Å². The van der Waals surface area contributed by atoms with Gasteiger partial charge in [-0.1, -0.05) is 77.7 Å². The summed E-state index contributed by atoms with van der Waals surface area (Å²) in [6.07, 6.45) is 5.64. The molecule has 0 spiro atoms. The molecule has 1 heterocycles. The molecule has 0 bridgehead atoms. The third-order valence-corrected chi connectivity index (χ3v) is 8.15. The fourth-order valence-corrected chi connectivity index (χ4v) is 5.91. The van der Waals surface area contributed by atoms with Crippen LogP contribution in [0.2, 0.25) is 0 Å². The van der Waals surface area contributed by atoms with Gasteiger partial charge in [-0.25, -0.2) is 4.79 Å². The molecule has 0 saturated heterocycles. The first-order chi connectivity index (χ1) is 18.9. The van der Waals surface area contributed by atoms with Crippen molar-refractivity contribution in [3.8, 4) is 11.1 Å². The lowest BCUT2D eigenvalue weighted by Crippen LogP contribution is -2.38. The number of carbonyl (C=O) groups is 2. The number of hydrogen-bond donors (Lipinski definition) is 0. The van der Waals surface area contributed by atoms with E-state index in [0.29, 0.717) is 21.9 Å². The Bertz CT molecular complexity index is 1570. The lowest BCUT2D eigenvalue weighted by Gasteiger charge is -2.31. The number of nitrogens with zero attached hydrogens (tertiary/aromatic N) is 2. The van der Waals surface area contributed by atoms with E-state index in [-0.39, 0.29) is 29.7 Å². The highest BCUT2D eigenvalue weighted by Gasteiger charge is 2.25. The molecule has 0 atom stereocenters. The van der Waals surface area contributed by atoms with E-state index in [9.17, 15) is 14.4 Å². The highest BCUT2D eigenvalue weighted by Crippen LogP contribution is 2.33. The first kappa shape index (κ1) is 26.9. The molecule has 1 aromatic heterocycles. The molecular weight excluding hydrogens is 556 g/mol. The minimum Gasteiger partial charge on any atom is -0.464 e. The highest BCUT2D eigenvalue weighted by molar-refractivity contribution is 9.10. The van der Waals surface area contributed by atoms with Crippen molar-refractivity contribution in [2.45, 2.75) is 44.7 Å². The van der Waals surface area contributed by atoms with E-state index < -0.39 is 5.97 Å². The molecule has 0 radical (unpaired) electrons. The van der Waals surface area contributed by atoms with E-state index in [1.807, 2.05) is 66.5 Å². The number of benzene rings is 3. The zero-order valence-electron chi connectivity index (χ0n) is 22.2. The van der Waals surface area contributed by atoms with Gasteiger partial charge >= 0.3 is 5.97 Å². The Labute approximate surface area is 236 Å². The molecule has 7 heteroatoms. The van der Waals surface area contributed by atoms with Crippen LogP contribution in [-0.4, -0.2) is 41.5 Å². The van der Waals surface area contributed by atoms with Crippen LogP contribution in [0, 0.1) is 0 Å². The first-order valence-electron chi connectivity index (χ1n) is 13.2. The lowest BCUT2D eigenvalue weighted by molar-refractivity contribution is 0.0588. The third-order valence-electron chi connectivity index (χ3n) is 7.66. The van der Waals surface area contributed by atoms with Crippen molar-refractivity contribution in [2.24, 2.45) is 0 Å². The Morgan fingerprint density at radius 1 is 0.949 bits per heavy atom. The van der Waals surface area contributed by atoms with Crippen molar-refractivity contribution in [1.29, 1.82) is 0 Å². The van der Waals surface area contributed by atoms with E-state index in [2.05, 4.69) is 15.9 Å². The number of pyridine rings is 1. The molecule has 3 aromatic carbocycles. The van der Waals surface area contributed by atoms with Crippen molar-refractivity contribution >= 4 is 38.6 Å². The molecule has 1 aliphatic carbocycles. The molecule has 5 rings (SSSR count). The molecule has 39 heavy (non-hydrogen) atoms. The average molecular weight is 588 g/mol. The number of fused-ring (bicyclic) bond motifs is 1. The highest BCUT2D eigenvalue weighted by atomic mass is 79.9. The van der Waals surface area contributed by atoms with E-state index in [4.69, 9.17) is 4.74 Å². The molecular formula is C32H31BrN2O4. The summed E-state index contributed by atoms with van der Waals surface area (Å²) < 4.78 is 7.47. The Kier molecular flexibility index (Phi) is 7.98. The summed E-state index contributed by atoms with van der Waals surface area (Å²) in [5.74, 6) is -0.586. The van der Waals surface area contributed by atoms with Gasteiger partial charge in [-0.15, -0.1) is 0 Å². The number of rotatable bonds is 6. The van der Waals surface area contributed by atoms with Gasteiger partial charge < -0.3 is 9.64 Å². The van der Waals surface area contributed by atoms with Crippen molar-refractivity contribution in [1.82, 2.24) is 9.47 Å². The fraction of sp³-hybridized carbons (Fsp3) is 0.281. The molecule has 6 nitrogen and oxygen atoms in total. The normalized spacial score (nSPS) is 13.8. The van der Waals surface area contributed by atoms with Gasteiger partial charge in [0.15, 0.2) is 0 Å². The van der Waals surface area contributed by atoms with E-state index in [1.54, 1.807) is 18.2 Å². The SMILES string of the molecule is COC(=O)c1c(-c2ccccc2)c2cc(Br)ccc2c(=O)n1Cc1ccc(C(=O)N(C)C2CCCCC2)cc1. The summed E-state index contributed by atoms with van der Waals surface area (Å²) in [5.41, 5.74) is 2.77. The van der Waals surface area contributed by atoms with Crippen molar-refractivity contribution in [2.75, 3.05) is 14.2 Å². The van der Waals surface area contributed by atoms with Crippen LogP contribution in [0.3, 0.4) is 0 Å². The minimum atomic E-state index is -0.589. The molecule has 4 aromatic rings. The number of aromatic nitrogens is 1. The maximum atomic E-state index is 13.8. The number of ether oxygens (including phenoxy) is 1. The molecule has 1 amide bonds. The number of amides is 1. The number of hydrogen-bond acceptors (Lipinski definition) is 4. The number of esters is 1. The number of halogens is 1. The average Bonchev–Trinajstić information content (AvgIpc) is 2.98. The number of methoxy groups -OCH3 is 1. The molecule has 0 N–H and O–H groups in total. The summed E-state index contributed by atoms with van der Waals surface area (Å²) in [4.78, 5) is 42.0. The Morgan fingerprint density at radius 3 is 2.31 bits per heavy atom. The zero-order chi connectivity index (χ0) is 27.5. The minimum absolute atomic E-state index is 0.00325. The van der Waals surface area contributed by atoms with E-state index in [1.165, 1.54) is 18.1 Å². The van der Waals surface area contributed by atoms with Crippen molar-refractivity contribution in [3.63, 3.8) is 0 Å². The van der Waals surface area contributed by atoms with E-state index >= 15 is 0 Å². The summed E-state index contributed by atoms with van der Waals surface area (Å²) >= 11 is 3.51. The molecule has 200 valence electrons. The van der Waals surface area contributed by atoms with Gasteiger partial charge in [-0.05, 0) is 59.7 Å². The zero-order valence-corrected chi connectivity index (χ0v) is 23.7. The summed E-state index contributed by atoms with van der Waals surface area (Å²) in [6.45, 7) is 0.155. The predicted octanol–water partition coefficient (Wildman–Crippen LogP) is 6.67. The predicted molar refractivity (Wildman–Crippen MR) is 157 cm³/mol. The van der Waals surface area contributed by atoms with Gasteiger partial charge in [0.2, 0.25) is 0 Å². The molecule has 1 saturated carbocycles.